The fraction of sp³-hybridized carbons (Fsp3) is 0.625. The molecule has 0 bridgehead atoms. The van der Waals surface area contributed by atoms with Crippen molar-refractivity contribution < 1.29 is 13.6 Å². The second-order valence-electron chi connectivity index (χ2n) is 5.38. The third-order valence-electron chi connectivity index (χ3n) is 3.56. The van der Waals surface area contributed by atoms with Gasteiger partial charge in [-0.05, 0) is 38.9 Å². The molecule has 120 valence electrons. The summed E-state index contributed by atoms with van der Waals surface area (Å²) in [5.41, 5.74) is 1.26. The summed E-state index contributed by atoms with van der Waals surface area (Å²) >= 11 is 0. The second-order valence-corrected chi connectivity index (χ2v) is 10.5. The number of rotatable bonds is 11. The molecule has 21 heavy (non-hydrogen) atoms. The molecule has 0 N–H and O–H groups in total. The van der Waals surface area contributed by atoms with Gasteiger partial charge in [0.15, 0.2) is 0 Å². The standard InChI is InChI=1S/C16H30O3Si2/c1-5-18-21(4,19-6-2)13-12-20-14-17-15(3)16-10-8-7-9-11-16/h7-11,15H,5-6,12-14,20H2,1-4H3. The van der Waals surface area contributed by atoms with Crippen molar-refractivity contribution in [1.29, 1.82) is 0 Å². The lowest BCUT2D eigenvalue weighted by Gasteiger charge is -2.25. The van der Waals surface area contributed by atoms with Crippen LogP contribution in [0.3, 0.4) is 0 Å². The van der Waals surface area contributed by atoms with Crippen LogP contribution in [0.4, 0.5) is 0 Å². The van der Waals surface area contributed by atoms with Gasteiger partial charge in [-0.15, -0.1) is 0 Å². The minimum absolute atomic E-state index is 0.195. The van der Waals surface area contributed by atoms with Crippen molar-refractivity contribution in [3.8, 4) is 0 Å². The lowest BCUT2D eigenvalue weighted by molar-refractivity contribution is 0.101. The molecular weight excluding hydrogens is 296 g/mol. The van der Waals surface area contributed by atoms with Gasteiger partial charge in [0, 0.05) is 19.4 Å². The first-order valence-electron chi connectivity index (χ1n) is 8.05. The number of hydrogen-bond donors (Lipinski definition) is 0. The summed E-state index contributed by atoms with van der Waals surface area (Å²) in [4.78, 5) is 0. The Labute approximate surface area is 133 Å². The van der Waals surface area contributed by atoms with E-state index in [0.29, 0.717) is 0 Å². The van der Waals surface area contributed by atoms with Crippen molar-refractivity contribution in [1.82, 2.24) is 0 Å². The Bertz CT molecular complexity index is 367. The molecule has 0 aliphatic rings. The van der Waals surface area contributed by atoms with Crippen molar-refractivity contribution in [3.63, 3.8) is 0 Å². The lowest BCUT2D eigenvalue weighted by Crippen LogP contribution is -2.38. The van der Waals surface area contributed by atoms with Gasteiger partial charge >= 0.3 is 8.56 Å². The smallest absolute Gasteiger partial charge is 0.334 e. The van der Waals surface area contributed by atoms with Gasteiger partial charge in [-0.1, -0.05) is 36.4 Å². The van der Waals surface area contributed by atoms with Gasteiger partial charge in [0.2, 0.25) is 0 Å². The molecule has 5 heteroatoms. The predicted octanol–water partition coefficient (Wildman–Crippen LogP) is 3.45. The average Bonchev–Trinajstić information content (AvgIpc) is 2.48. The van der Waals surface area contributed by atoms with Crippen molar-refractivity contribution in [3.05, 3.63) is 35.9 Å². The first kappa shape index (κ1) is 18.6. The largest absolute Gasteiger partial charge is 0.395 e. The van der Waals surface area contributed by atoms with Gasteiger partial charge in [-0.2, -0.15) is 0 Å². The highest BCUT2D eigenvalue weighted by Crippen LogP contribution is 2.18. The van der Waals surface area contributed by atoms with E-state index in [1.165, 1.54) is 11.6 Å². The molecule has 1 unspecified atom stereocenters. The van der Waals surface area contributed by atoms with Gasteiger partial charge in [-0.3, -0.25) is 0 Å². The highest BCUT2D eigenvalue weighted by Gasteiger charge is 2.29. The minimum Gasteiger partial charge on any atom is -0.395 e. The second kappa shape index (κ2) is 10.3. The van der Waals surface area contributed by atoms with Gasteiger partial charge in [0.05, 0.1) is 15.6 Å². The highest BCUT2D eigenvalue weighted by molar-refractivity contribution is 6.67. The van der Waals surface area contributed by atoms with Crippen LogP contribution < -0.4 is 0 Å². The van der Waals surface area contributed by atoms with Crippen LogP contribution in [0.5, 0.6) is 0 Å². The Hall–Kier alpha value is -0.466. The maximum atomic E-state index is 5.96. The first-order chi connectivity index (χ1) is 10.1. The predicted molar refractivity (Wildman–Crippen MR) is 93.8 cm³/mol. The van der Waals surface area contributed by atoms with Crippen molar-refractivity contribution in [2.24, 2.45) is 0 Å². The fourth-order valence-corrected chi connectivity index (χ4v) is 8.31. The van der Waals surface area contributed by atoms with Gasteiger partial charge in [-0.25, -0.2) is 0 Å². The van der Waals surface area contributed by atoms with Crippen molar-refractivity contribution >= 4 is 18.1 Å². The lowest BCUT2D eigenvalue weighted by atomic mass is 10.1. The highest BCUT2D eigenvalue weighted by atomic mass is 28.4. The summed E-state index contributed by atoms with van der Waals surface area (Å²) in [7, 11) is -2.11. The monoisotopic (exact) mass is 326 g/mol. The van der Waals surface area contributed by atoms with Crippen molar-refractivity contribution in [2.45, 2.75) is 45.5 Å². The summed E-state index contributed by atoms with van der Waals surface area (Å²) in [5.74, 6) is 0. The fourth-order valence-electron chi connectivity index (χ4n) is 2.43. The molecular formula is C16H30O3Si2. The van der Waals surface area contributed by atoms with Crippen LogP contribution >= 0.6 is 0 Å². The summed E-state index contributed by atoms with van der Waals surface area (Å²) in [6, 6.07) is 12.8. The molecule has 1 rings (SSSR count). The molecule has 0 aliphatic heterocycles. The van der Waals surface area contributed by atoms with Crippen LogP contribution in [0.25, 0.3) is 0 Å². The molecule has 0 heterocycles. The maximum Gasteiger partial charge on any atom is 0.334 e. The molecule has 0 aromatic heterocycles. The van der Waals surface area contributed by atoms with E-state index in [1.54, 1.807) is 0 Å². The molecule has 0 saturated heterocycles. The zero-order valence-electron chi connectivity index (χ0n) is 13.9. The zero-order chi connectivity index (χ0) is 15.6. The van der Waals surface area contributed by atoms with E-state index < -0.39 is 8.56 Å². The molecule has 1 aromatic rings. The van der Waals surface area contributed by atoms with E-state index >= 15 is 0 Å². The maximum absolute atomic E-state index is 5.96. The van der Waals surface area contributed by atoms with Crippen LogP contribution in [-0.2, 0) is 13.6 Å². The van der Waals surface area contributed by atoms with Gasteiger partial charge in [0.25, 0.3) is 0 Å². The molecule has 3 nitrogen and oxygen atoms in total. The van der Waals surface area contributed by atoms with Gasteiger partial charge in [0.1, 0.15) is 0 Å². The minimum atomic E-state index is -1.91. The van der Waals surface area contributed by atoms with E-state index in [9.17, 15) is 0 Å². The van der Waals surface area contributed by atoms with Crippen LogP contribution in [-0.4, -0.2) is 37.5 Å². The Morgan fingerprint density at radius 3 is 2.29 bits per heavy atom. The normalized spacial score (nSPS) is 13.9. The van der Waals surface area contributed by atoms with E-state index in [2.05, 4.69) is 37.7 Å². The average molecular weight is 327 g/mol. The SMILES string of the molecule is CCO[Si](C)(CC[SiH2]COC(C)c1ccccc1)OCC. The third kappa shape index (κ3) is 7.38. The van der Waals surface area contributed by atoms with E-state index in [0.717, 1.165) is 25.5 Å². The molecule has 0 amide bonds. The molecule has 0 fully saturated rings. The van der Waals surface area contributed by atoms with E-state index in [-0.39, 0.29) is 15.6 Å². The Morgan fingerprint density at radius 1 is 1.10 bits per heavy atom. The number of benzene rings is 1. The van der Waals surface area contributed by atoms with E-state index in [4.69, 9.17) is 13.6 Å². The molecule has 1 atom stereocenters. The van der Waals surface area contributed by atoms with Crippen LogP contribution in [0.1, 0.15) is 32.4 Å². The molecule has 0 aliphatic carbocycles. The summed E-state index contributed by atoms with van der Waals surface area (Å²) in [6.45, 7) is 9.92. The third-order valence-corrected chi connectivity index (χ3v) is 8.71. The molecule has 1 aromatic carbocycles. The molecule has 0 saturated carbocycles. The number of ether oxygens (including phenoxy) is 1. The first-order valence-corrected chi connectivity index (χ1v) is 12.6. The topological polar surface area (TPSA) is 27.7 Å². The van der Waals surface area contributed by atoms with Crippen molar-refractivity contribution in [2.75, 3.05) is 19.4 Å². The Kier molecular flexibility index (Phi) is 9.11. The zero-order valence-corrected chi connectivity index (χ0v) is 16.3. The summed E-state index contributed by atoms with van der Waals surface area (Å²) in [5, 5.41) is 0. The Balaban J connectivity index is 2.21. The summed E-state index contributed by atoms with van der Waals surface area (Å²) in [6.07, 6.45) is 1.12. The Morgan fingerprint density at radius 2 is 1.71 bits per heavy atom. The summed E-state index contributed by atoms with van der Waals surface area (Å²) < 4.78 is 17.7. The van der Waals surface area contributed by atoms with Crippen LogP contribution in [0.2, 0.25) is 18.6 Å². The molecule has 0 radical (unpaired) electrons. The van der Waals surface area contributed by atoms with Gasteiger partial charge < -0.3 is 13.6 Å². The van der Waals surface area contributed by atoms with Crippen LogP contribution in [0.15, 0.2) is 30.3 Å². The van der Waals surface area contributed by atoms with E-state index in [1.807, 2.05) is 19.9 Å². The quantitative estimate of drug-likeness (QED) is 0.460. The number of hydrogen-bond acceptors (Lipinski definition) is 3. The van der Waals surface area contributed by atoms with Crippen LogP contribution in [0, 0.1) is 0 Å². The molecule has 0 spiro atoms.